The first-order valence-electron chi connectivity index (χ1n) is 9.65. The number of nitrogens with one attached hydrogen (secondary N) is 1. The second-order valence-electron chi connectivity index (χ2n) is 6.22. The molecule has 2 aromatic heterocycles. The number of likely N-dealkylation sites (tertiary alicyclic amines) is 1. The second kappa shape index (κ2) is 8.79. The van der Waals surface area contributed by atoms with Crippen LogP contribution in [0.3, 0.4) is 0 Å². The van der Waals surface area contributed by atoms with E-state index in [1.165, 1.54) is 0 Å². The van der Waals surface area contributed by atoms with E-state index in [-0.39, 0.29) is 19.1 Å². The molecule has 0 aliphatic carbocycles. The number of rotatable bonds is 1. The molecule has 4 rings (SSSR count). The Morgan fingerprint density at radius 3 is 2.63 bits per heavy atom. The standard InChI is InChI=1S/C16H16N4O3.2C2H6.H2/c21-13-4-5-16(15(23)18-13)6-8-19(10-16)14(22)11-9-17-20-7-2-1-3-12(11)20;2*1-2;/h1-3,7,9H,4-6,8,10H2,(H,18,21,23);2*1-2H3;1H. The molecule has 3 amide bonds. The summed E-state index contributed by atoms with van der Waals surface area (Å²) in [6.45, 7) is 8.87. The molecule has 0 radical (unpaired) electrons. The Balaban J connectivity index is 0.000000739. The van der Waals surface area contributed by atoms with Crippen LogP contribution in [0.2, 0.25) is 0 Å². The first-order valence-corrected chi connectivity index (χ1v) is 9.65. The molecule has 7 heteroatoms. The van der Waals surface area contributed by atoms with Gasteiger partial charge in [-0.25, -0.2) is 4.52 Å². The van der Waals surface area contributed by atoms with Crippen LogP contribution in [0.15, 0.2) is 30.6 Å². The number of carbonyl (C=O) groups excluding carboxylic acids is 3. The minimum atomic E-state index is -0.619. The predicted octanol–water partition coefficient (Wildman–Crippen LogP) is 2.90. The van der Waals surface area contributed by atoms with Crippen LogP contribution in [0, 0.1) is 5.41 Å². The van der Waals surface area contributed by atoms with Crippen LogP contribution in [-0.4, -0.2) is 45.3 Å². The largest absolute Gasteiger partial charge is 0.337 e. The van der Waals surface area contributed by atoms with E-state index in [0.717, 1.165) is 5.52 Å². The molecule has 148 valence electrons. The van der Waals surface area contributed by atoms with Gasteiger partial charge in [-0.1, -0.05) is 33.8 Å². The molecule has 2 aromatic rings. The van der Waals surface area contributed by atoms with Crippen molar-refractivity contribution >= 4 is 23.2 Å². The van der Waals surface area contributed by atoms with E-state index < -0.39 is 5.41 Å². The summed E-state index contributed by atoms with van der Waals surface area (Å²) in [6.07, 6.45) is 4.79. The first-order chi connectivity index (χ1) is 13.1. The minimum Gasteiger partial charge on any atom is -0.337 e. The summed E-state index contributed by atoms with van der Waals surface area (Å²) in [5.74, 6) is -0.593. The Bertz CT molecular complexity index is 836. The molecule has 1 spiro atoms. The maximum atomic E-state index is 12.8. The maximum Gasteiger partial charge on any atom is 0.257 e. The Morgan fingerprint density at radius 2 is 1.93 bits per heavy atom. The predicted molar refractivity (Wildman–Crippen MR) is 105 cm³/mol. The number of hydrogen-bond acceptors (Lipinski definition) is 4. The molecule has 1 atom stereocenters. The van der Waals surface area contributed by atoms with Gasteiger partial charge in [-0.3, -0.25) is 19.7 Å². The lowest BCUT2D eigenvalue weighted by Gasteiger charge is -2.31. The Kier molecular flexibility index (Phi) is 6.71. The topological polar surface area (TPSA) is 83.8 Å². The number of pyridine rings is 1. The van der Waals surface area contributed by atoms with E-state index in [0.29, 0.717) is 37.9 Å². The van der Waals surface area contributed by atoms with E-state index >= 15 is 0 Å². The zero-order chi connectivity index (χ0) is 20.0. The van der Waals surface area contributed by atoms with Gasteiger partial charge in [0.25, 0.3) is 5.91 Å². The number of piperidine rings is 1. The molecular formula is C20H30N4O3. The van der Waals surface area contributed by atoms with Crippen molar-refractivity contribution in [3.8, 4) is 0 Å². The van der Waals surface area contributed by atoms with Crippen LogP contribution in [0.5, 0.6) is 0 Å². The van der Waals surface area contributed by atoms with Gasteiger partial charge in [0.05, 0.1) is 22.7 Å². The lowest BCUT2D eigenvalue weighted by Crippen LogP contribution is -2.50. The summed E-state index contributed by atoms with van der Waals surface area (Å²) in [7, 11) is 0. The van der Waals surface area contributed by atoms with Gasteiger partial charge in [-0.2, -0.15) is 5.10 Å². The molecule has 2 fully saturated rings. The smallest absolute Gasteiger partial charge is 0.257 e. The molecule has 2 aliphatic heterocycles. The number of fused-ring (bicyclic) bond motifs is 1. The first kappa shape index (κ1) is 20.6. The number of aromatic nitrogens is 2. The van der Waals surface area contributed by atoms with Gasteiger partial charge in [-0.15, -0.1) is 0 Å². The van der Waals surface area contributed by atoms with Crippen molar-refractivity contribution in [1.82, 2.24) is 19.8 Å². The van der Waals surface area contributed by atoms with E-state index in [2.05, 4.69) is 10.4 Å². The normalized spacial score (nSPS) is 21.3. The van der Waals surface area contributed by atoms with Crippen molar-refractivity contribution < 1.29 is 15.8 Å². The molecule has 0 aromatic carbocycles. The lowest BCUT2D eigenvalue weighted by atomic mass is 9.79. The molecule has 2 aliphatic rings. The molecule has 7 nitrogen and oxygen atoms in total. The average Bonchev–Trinajstić information content (AvgIpc) is 3.33. The third kappa shape index (κ3) is 3.86. The SMILES string of the molecule is CC.CC.O=C1CCC2(CCN(C(=O)c3cnn4ccccc34)C2)C(=O)N1.[HH]. The van der Waals surface area contributed by atoms with Crippen LogP contribution < -0.4 is 5.32 Å². The molecule has 1 unspecified atom stereocenters. The number of hydrogen-bond donors (Lipinski definition) is 1. The van der Waals surface area contributed by atoms with Gasteiger partial charge in [0, 0.05) is 27.1 Å². The van der Waals surface area contributed by atoms with Crippen molar-refractivity contribution in [3.05, 3.63) is 36.2 Å². The fourth-order valence-corrected chi connectivity index (χ4v) is 3.49. The summed E-state index contributed by atoms with van der Waals surface area (Å²) in [5, 5.41) is 6.59. The summed E-state index contributed by atoms with van der Waals surface area (Å²) in [5.41, 5.74) is 0.670. The highest BCUT2D eigenvalue weighted by Crippen LogP contribution is 2.38. The quantitative estimate of drug-likeness (QED) is 0.778. The van der Waals surface area contributed by atoms with Gasteiger partial charge in [0.1, 0.15) is 0 Å². The molecule has 0 saturated carbocycles. The maximum absolute atomic E-state index is 12.8. The monoisotopic (exact) mass is 374 g/mol. The van der Waals surface area contributed by atoms with Crippen LogP contribution in [0.1, 0.15) is 58.7 Å². The Morgan fingerprint density at radius 1 is 1.19 bits per heavy atom. The highest BCUT2D eigenvalue weighted by Gasteiger charge is 2.48. The van der Waals surface area contributed by atoms with E-state index in [1.54, 1.807) is 21.8 Å². The van der Waals surface area contributed by atoms with Gasteiger partial charge >= 0.3 is 0 Å². The van der Waals surface area contributed by atoms with E-state index in [4.69, 9.17) is 0 Å². The zero-order valence-corrected chi connectivity index (χ0v) is 16.5. The van der Waals surface area contributed by atoms with Crippen molar-refractivity contribution in [2.45, 2.75) is 47.0 Å². The van der Waals surface area contributed by atoms with Crippen molar-refractivity contribution in [1.29, 1.82) is 0 Å². The third-order valence-corrected chi connectivity index (χ3v) is 4.86. The number of imide groups is 1. The summed E-state index contributed by atoms with van der Waals surface area (Å²) < 4.78 is 1.66. The van der Waals surface area contributed by atoms with Crippen LogP contribution in [-0.2, 0) is 9.59 Å². The Labute approximate surface area is 161 Å². The molecular weight excluding hydrogens is 344 g/mol. The van der Waals surface area contributed by atoms with E-state index in [1.807, 2.05) is 45.9 Å². The average molecular weight is 374 g/mol. The Hall–Kier alpha value is -2.70. The lowest BCUT2D eigenvalue weighted by molar-refractivity contribution is -0.141. The highest BCUT2D eigenvalue weighted by atomic mass is 16.2. The van der Waals surface area contributed by atoms with E-state index in [9.17, 15) is 14.4 Å². The van der Waals surface area contributed by atoms with Gasteiger partial charge in [0.2, 0.25) is 11.8 Å². The number of amides is 3. The number of nitrogens with zero attached hydrogens (tertiary/aromatic N) is 3. The van der Waals surface area contributed by atoms with Crippen molar-refractivity contribution in [2.75, 3.05) is 13.1 Å². The van der Waals surface area contributed by atoms with Crippen LogP contribution >= 0.6 is 0 Å². The molecule has 27 heavy (non-hydrogen) atoms. The molecule has 4 heterocycles. The summed E-state index contributed by atoms with van der Waals surface area (Å²) >= 11 is 0. The summed E-state index contributed by atoms with van der Waals surface area (Å²) in [4.78, 5) is 38.0. The zero-order valence-electron chi connectivity index (χ0n) is 16.5. The van der Waals surface area contributed by atoms with Crippen LogP contribution in [0.4, 0.5) is 0 Å². The third-order valence-electron chi connectivity index (χ3n) is 4.86. The van der Waals surface area contributed by atoms with Gasteiger partial charge in [-0.05, 0) is 25.0 Å². The molecule has 0 bridgehead atoms. The second-order valence-corrected chi connectivity index (χ2v) is 6.22. The van der Waals surface area contributed by atoms with Gasteiger partial charge in [0.15, 0.2) is 0 Å². The highest BCUT2D eigenvalue weighted by molar-refractivity contribution is 6.03. The van der Waals surface area contributed by atoms with Crippen LogP contribution in [0.25, 0.3) is 5.52 Å². The fourth-order valence-electron chi connectivity index (χ4n) is 3.49. The fraction of sp³-hybridized carbons (Fsp3) is 0.500. The minimum absolute atomic E-state index is 0. The molecule has 2 saturated heterocycles. The van der Waals surface area contributed by atoms with Gasteiger partial charge < -0.3 is 4.90 Å². The van der Waals surface area contributed by atoms with Crippen molar-refractivity contribution in [2.24, 2.45) is 5.41 Å². The number of carbonyl (C=O) groups is 3. The summed E-state index contributed by atoms with van der Waals surface area (Å²) in [6, 6.07) is 5.56. The van der Waals surface area contributed by atoms with Crippen molar-refractivity contribution in [3.63, 3.8) is 0 Å². The molecule has 1 N–H and O–H groups in total.